The molecule has 5 heteroatoms. The minimum atomic E-state index is -0.470. The number of benzene rings is 3. The zero-order valence-corrected chi connectivity index (χ0v) is 19.2. The molecule has 1 N–H and O–H groups in total. The Morgan fingerprint density at radius 3 is 2.38 bits per heavy atom. The van der Waals surface area contributed by atoms with Crippen molar-refractivity contribution in [3.63, 3.8) is 0 Å². The molecule has 0 aromatic heterocycles. The van der Waals surface area contributed by atoms with Crippen molar-refractivity contribution < 1.29 is 9.53 Å². The highest BCUT2D eigenvalue weighted by Gasteiger charge is 2.11. The Balaban J connectivity index is 1.69. The molecule has 3 aromatic rings. The standard InChI is InChI=1S/C27H25ClN2O2/c1-4-20-7-10-24(11-8-20)30-27(31)23(16-29)14-21-9-12-26(25(28)15-21)32-17-22-6-5-18(2)19(3)13-22/h5-15H,4,17H2,1-3H3,(H,30,31)/b23-14+. The van der Waals surface area contributed by atoms with Crippen LogP contribution in [0, 0.1) is 25.2 Å². The molecule has 0 bridgehead atoms. The maximum Gasteiger partial charge on any atom is 0.266 e. The molecule has 0 saturated carbocycles. The van der Waals surface area contributed by atoms with Crippen molar-refractivity contribution in [2.24, 2.45) is 0 Å². The molecule has 32 heavy (non-hydrogen) atoms. The quantitative estimate of drug-likeness (QED) is 0.328. The largest absolute Gasteiger partial charge is 0.487 e. The van der Waals surface area contributed by atoms with E-state index in [0.717, 1.165) is 12.0 Å². The lowest BCUT2D eigenvalue weighted by atomic mass is 10.1. The van der Waals surface area contributed by atoms with Gasteiger partial charge in [-0.1, -0.05) is 54.9 Å². The van der Waals surface area contributed by atoms with Crippen molar-refractivity contribution in [3.8, 4) is 11.8 Å². The van der Waals surface area contributed by atoms with Crippen LogP contribution in [0.4, 0.5) is 5.69 Å². The van der Waals surface area contributed by atoms with Crippen LogP contribution in [0.25, 0.3) is 6.08 Å². The molecule has 3 aromatic carbocycles. The number of nitriles is 1. The van der Waals surface area contributed by atoms with E-state index in [1.54, 1.807) is 18.2 Å². The first-order chi connectivity index (χ1) is 15.4. The van der Waals surface area contributed by atoms with E-state index in [4.69, 9.17) is 16.3 Å². The fourth-order valence-electron chi connectivity index (χ4n) is 3.12. The highest BCUT2D eigenvalue weighted by Crippen LogP contribution is 2.27. The van der Waals surface area contributed by atoms with Gasteiger partial charge in [0.05, 0.1) is 5.02 Å². The van der Waals surface area contributed by atoms with E-state index in [1.807, 2.05) is 36.4 Å². The van der Waals surface area contributed by atoms with Gasteiger partial charge < -0.3 is 10.1 Å². The average molecular weight is 445 g/mol. The minimum Gasteiger partial charge on any atom is -0.487 e. The molecule has 162 valence electrons. The van der Waals surface area contributed by atoms with Crippen molar-refractivity contribution in [2.45, 2.75) is 33.8 Å². The summed E-state index contributed by atoms with van der Waals surface area (Å²) in [6.45, 7) is 6.60. The van der Waals surface area contributed by atoms with Crippen LogP contribution in [-0.2, 0) is 17.8 Å². The van der Waals surface area contributed by atoms with Gasteiger partial charge in [-0.2, -0.15) is 5.26 Å². The fourth-order valence-corrected chi connectivity index (χ4v) is 3.36. The van der Waals surface area contributed by atoms with Crippen molar-refractivity contribution >= 4 is 29.3 Å². The van der Waals surface area contributed by atoms with E-state index in [1.165, 1.54) is 22.8 Å². The second-order valence-corrected chi connectivity index (χ2v) is 7.98. The summed E-state index contributed by atoms with van der Waals surface area (Å²) in [5, 5.41) is 12.6. The van der Waals surface area contributed by atoms with Crippen molar-refractivity contribution in [2.75, 3.05) is 5.32 Å². The summed E-state index contributed by atoms with van der Waals surface area (Å²) in [4.78, 5) is 12.5. The first kappa shape index (κ1) is 23.1. The zero-order chi connectivity index (χ0) is 23.1. The van der Waals surface area contributed by atoms with E-state index in [-0.39, 0.29) is 5.57 Å². The Hall–Kier alpha value is -3.55. The van der Waals surface area contributed by atoms with Crippen molar-refractivity contribution in [1.82, 2.24) is 0 Å². The van der Waals surface area contributed by atoms with Gasteiger partial charge in [-0.15, -0.1) is 0 Å². The maximum atomic E-state index is 12.5. The van der Waals surface area contributed by atoms with E-state index < -0.39 is 5.91 Å². The summed E-state index contributed by atoms with van der Waals surface area (Å²) in [5.41, 5.74) is 5.95. The number of hydrogen-bond acceptors (Lipinski definition) is 3. The second kappa shape index (κ2) is 10.7. The zero-order valence-electron chi connectivity index (χ0n) is 18.4. The van der Waals surface area contributed by atoms with Crippen LogP contribution >= 0.6 is 11.6 Å². The van der Waals surface area contributed by atoms with Gasteiger partial charge in [0, 0.05) is 5.69 Å². The lowest BCUT2D eigenvalue weighted by Gasteiger charge is -2.10. The van der Waals surface area contributed by atoms with Gasteiger partial charge in [0.1, 0.15) is 24.0 Å². The summed E-state index contributed by atoms with van der Waals surface area (Å²) in [6, 6.07) is 20.9. The van der Waals surface area contributed by atoms with Crippen LogP contribution in [0.5, 0.6) is 5.75 Å². The van der Waals surface area contributed by atoms with Gasteiger partial charge in [-0.25, -0.2) is 0 Å². The molecule has 3 rings (SSSR count). The SMILES string of the molecule is CCc1ccc(NC(=O)/C(C#N)=C/c2ccc(OCc3ccc(C)c(C)c3)c(Cl)c2)cc1. The first-order valence-electron chi connectivity index (χ1n) is 10.4. The Morgan fingerprint density at radius 1 is 1.03 bits per heavy atom. The predicted octanol–water partition coefficient (Wildman–Crippen LogP) is 6.64. The number of nitrogens with zero attached hydrogens (tertiary/aromatic N) is 1. The minimum absolute atomic E-state index is 0.00978. The molecule has 0 aliphatic heterocycles. The molecular weight excluding hydrogens is 420 g/mol. The predicted molar refractivity (Wildman–Crippen MR) is 130 cm³/mol. The third-order valence-corrected chi connectivity index (χ3v) is 5.51. The summed E-state index contributed by atoms with van der Waals surface area (Å²) in [5.74, 6) is 0.0731. The molecule has 0 radical (unpaired) electrons. The second-order valence-electron chi connectivity index (χ2n) is 7.57. The average Bonchev–Trinajstić information content (AvgIpc) is 2.79. The lowest BCUT2D eigenvalue weighted by molar-refractivity contribution is -0.112. The number of halogens is 1. The normalized spacial score (nSPS) is 11.0. The number of anilines is 1. The Morgan fingerprint density at radius 2 is 1.75 bits per heavy atom. The molecule has 0 fully saturated rings. The molecular formula is C27H25ClN2O2. The van der Waals surface area contributed by atoms with Crippen LogP contribution < -0.4 is 10.1 Å². The van der Waals surface area contributed by atoms with Gasteiger partial charge in [0.2, 0.25) is 0 Å². The number of rotatable bonds is 7. The maximum absolute atomic E-state index is 12.5. The van der Waals surface area contributed by atoms with Crippen LogP contribution in [0.3, 0.4) is 0 Å². The first-order valence-corrected chi connectivity index (χ1v) is 10.8. The third-order valence-electron chi connectivity index (χ3n) is 5.22. The Bertz CT molecular complexity index is 1190. The van der Waals surface area contributed by atoms with Gasteiger partial charge in [0.15, 0.2) is 0 Å². The van der Waals surface area contributed by atoms with Crippen LogP contribution in [0.2, 0.25) is 5.02 Å². The lowest BCUT2D eigenvalue weighted by Crippen LogP contribution is -2.13. The van der Waals surface area contributed by atoms with Gasteiger partial charge >= 0.3 is 0 Å². The highest BCUT2D eigenvalue weighted by atomic mass is 35.5. The molecule has 0 atom stereocenters. The number of aryl methyl sites for hydroxylation is 3. The molecule has 1 amide bonds. The number of carbonyl (C=O) groups is 1. The summed E-state index contributed by atoms with van der Waals surface area (Å²) >= 11 is 6.38. The third kappa shape index (κ3) is 6.00. The molecule has 0 heterocycles. The van der Waals surface area contributed by atoms with Crippen LogP contribution in [0.1, 0.15) is 34.7 Å². The molecule has 4 nitrogen and oxygen atoms in total. The van der Waals surface area contributed by atoms with E-state index in [0.29, 0.717) is 28.6 Å². The van der Waals surface area contributed by atoms with E-state index >= 15 is 0 Å². The number of amides is 1. The topological polar surface area (TPSA) is 62.1 Å². The number of nitrogens with one attached hydrogen (secondary N) is 1. The number of hydrogen-bond donors (Lipinski definition) is 1. The Kier molecular flexibility index (Phi) is 7.70. The number of ether oxygens (including phenoxy) is 1. The fraction of sp³-hybridized carbons (Fsp3) is 0.185. The molecule has 0 aliphatic carbocycles. The molecule has 0 spiro atoms. The summed E-state index contributed by atoms with van der Waals surface area (Å²) in [6.07, 6.45) is 2.43. The molecule has 0 aliphatic rings. The summed E-state index contributed by atoms with van der Waals surface area (Å²) < 4.78 is 5.85. The van der Waals surface area contributed by atoms with Crippen LogP contribution in [-0.4, -0.2) is 5.91 Å². The highest BCUT2D eigenvalue weighted by molar-refractivity contribution is 6.32. The van der Waals surface area contributed by atoms with Gasteiger partial charge in [-0.05, 0) is 78.4 Å². The van der Waals surface area contributed by atoms with Crippen molar-refractivity contribution in [3.05, 3.63) is 99.1 Å². The smallest absolute Gasteiger partial charge is 0.266 e. The molecule has 0 saturated heterocycles. The van der Waals surface area contributed by atoms with Gasteiger partial charge in [0.25, 0.3) is 5.91 Å². The van der Waals surface area contributed by atoms with E-state index in [9.17, 15) is 10.1 Å². The van der Waals surface area contributed by atoms with Crippen LogP contribution in [0.15, 0.2) is 66.2 Å². The summed E-state index contributed by atoms with van der Waals surface area (Å²) in [7, 11) is 0. The van der Waals surface area contributed by atoms with Crippen molar-refractivity contribution in [1.29, 1.82) is 5.26 Å². The monoisotopic (exact) mass is 444 g/mol. The number of carbonyl (C=O) groups excluding carboxylic acids is 1. The Labute approximate surface area is 194 Å². The van der Waals surface area contributed by atoms with Gasteiger partial charge in [-0.3, -0.25) is 4.79 Å². The van der Waals surface area contributed by atoms with E-state index in [2.05, 4.69) is 38.2 Å². The molecule has 0 unspecified atom stereocenters.